The van der Waals surface area contributed by atoms with Crippen molar-refractivity contribution < 1.29 is 14.4 Å². The van der Waals surface area contributed by atoms with Gasteiger partial charge in [-0.15, -0.1) is 0 Å². The van der Waals surface area contributed by atoms with Crippen molar-refractivity contribution in [2.24, 2.45) is 0 Å². The molecule has 5 heteroatoms. The van der Waals surface area contributed by atoms with Gasteiger partial charge in [0.05, 0.1) is 17.7 Å². The van der Waals surface area contributed by atoms with Crippen LogP contribution >= 0.6 is 0 Å². The molecule has 0 saturated heterocycles. The molecule has 0 aliphatic carbocycles. The first-order valence-corrected chi connectivity index (χ1v) is 10.00. The minimum absolute atomic E-state index is 0.0725. The van der Waals surface area contributed by atoms with Crippen LogP contribution in [-0.4, -0.2) is 28.7 Å². The Morgan fingerprint density at radius 3 is 2.30 bits per heavy atom. The van der Waals surface area contributed by atoms with E-state index in [1.54, 1.807) is 42.5 Å². The van der Waals surface area contributed by atoms with Gasteiger partial charge in [0, 0.05) is 17.3 Å². The zero-order chi connectivity index (χ0) is 20.8. The smallest absolute Gasteiger partial charge is 0.261 e. The van der Waals surface area contributed by atoms with Crippen LogP contribution < -0.4 is 4.90 Å². The minimum Gasteiger partial charge on any atom is -0.305 e. The van der Waals surface area contributed by atoms with E-state index in [9.17, 15) is 14.4 Å². The summed E-state index contributed by atoms with van der Waals surface area (Å²) in [5, 5.41) is 0. The summed E-state index contributed by atoms with van der Waals surface area (Å²) in [5.41, 5.74) is 4.26. The van der Waals surface area contributed by atoms with Crippen molar-refractivity contribution in [1.82, 2.24) is 4.90 Å². The number of nitrogens with zero attached hydrogens (tertiary/aromatic N) is 2. The lowest BCUT2D eigenvalue weighted by Gasteiger charge is -2.23. The minimum atomic E-state index is -0.297. The summed E-state index contributed by atoms with van der Waals surface area (Å²) in [4.78, 5) is 41.7. The molecule has 0 N–H and O–H groups in total. The number of carbonyl (C=O) groups is 3. The quantitative estimate of drug-likeness (QED) is 0.627. The van der Waals surface area contributed by atoms with Crippen LogP contribution in [0.5, 0.6) is 0 Å². The molecule has 0 bridgehead atoms. The molecule has 0 spiro atoms. The van der Waals surface area contributed by atoms with Crippen LogP contribution in [0.4, 0.5) is 5.69 Å². The van der Waals surface area contributed by atoms with E-state index in [0.29, 0.717) is 16.7 Å². The number of rotatable bonds is 3. The van der Waals surface area contributed by atoms with Gasteiger partial charge >= 0.3 is 0 Å². The number of amides is 3. The number of hydrogen-bond acceptors (Lipinski definition) is 3. The number of para-hydroxylation sites is 1. The molecule has 0 aromatic heterocycles. The van der Waals surface area contributed by atoms with Crippen molar-refractivity contribution in [3.63, 3.8) is 0 Å². The van der Waals surface area contributed by atoms with Crippen molar-refractivity contribution in [3.8, 4) is 0 Å². The first-order valence-electron chi connectivity index (χ1n) is 10.00. The number of hydrogen-bond donors (Lipinski definition) is 0. The fourth-order valence-electron chi connectivity index (χ4n) is 4.38. The number of benzene rings is 3. The van der Waals surface area contributed by atoms with Crippen molar-refractivity contribution in [2.75, 3.05) is 4.90 Å². The molecule has 3 amide bonds. The second-order valence-electron chi connectivity index (χ2n) is 7.80. The van der Waals surface area contributed by atoms with E-state index in [-0.39, 0.29) is 30.3 Å². The van der Waals surface area contributed by atoms with Gasteiger partial charge in [-0.05, 0) is 54.8 Å². The Kier molecular flexibility index (Phi) is 4.24. The maximum absolute atomic E-state index is 13.3. The zero-order valence-corrected chi connectivity index (χ0v) is 16.5. The van der Waals surface area contributed by atoms with Gasteiger partial charge in [-0.3, -0.25) is 19.3 Å². The molecule has 0 radical (unpaired) electrons. The lowest BCUT2D eigenvalue weighted by Crippen LogP contribution is -2.35. The van der Waals surface area contributed by atoms with E-state index < -0.39 is 0 Å². The van der Waals surface area contributed by atoms with E-state index in [1.807, 2.05) is 36.1 Å². The number of carbonyl (C=O) groups excluding carboxylic acids is 3. The highest BCUT2D eigenvalue weighted by molar-refractivity contribution is 6.21. The highest BCUT2D eigenvalue weighted by Crippen LogP contribution is 2.33. The molecule has 5 nitrogen and oxygen atoms in total. The topological polar surface area (TPSA) is 57.7 Å². The van der Waals surface area contributed by atoms with Crippen molar-refractivity contribution in [3.05, 3.63) is 101 Å². The third-order valence-corrected chi connectivity index (χ3v) is 5.82. The van der Waals surface area contributed by atoms with Crippen LogP contribution in [0.15, 0.2) is 72.8 Å². The molecule has 148 valence electrons. The van der Waals surface area contributed by atoms with Gasteiger partial charge in [0.1, 0.15) is 0 Å². The lowest BCUT2D eigenvalue weighted by molar-refractivity contribution is 0.0642. The van der Waals surface area contributed by atoms with E-state index in [0.717, 1.165) is 17.7 Å². The molecule has 2 heterocycles. The molecule has 1 atom stereocenters. The van der Waals surface area contributed by atoms with Gasteiger partial charge in [-0.25, -0.2) is 0 Å². The van der Waals surface area contributed by atoms with Crippen molar-refractivity contribution in [1.29, 1.82) is 0 Å². The largest absolute Gasteiger partial charge is 0.305 e. The van der Waals surface area contributed by atoms with Crippen LogP contribution in [0, 0.1) is 0 Å². The fourth-order valence-corrected chi connectivity index (χ4v) is 4.38. The predicted molar refractivity (Wildman–Crippen MR) is 114 cm³/mol. The Balaban J connectivity index is 1.41. The Bertz CT molecular complexity index is 1170. The first-order chi connectivity index (χ1) is 14.5. The summed E-state index contributed by atoms with van der Waals surface area (Å²) >= 11 is 0. The number of imide groups is 1. The summed E-state index contributed by atoms with van der Waals surface area (Å²) in [6.07, 6.45) is 0.830. The average molecular weight is 396 g/mol. The average Bonchev–Trinajstić information content (AvgIpc) is 3.22. The third kappa shape index (κ3) is 2.82. The van der Waals surface area contributed by atoms with E-state index in [2.05, 4.69) is 6.07 Å². The molecule has 1 unspecified atom stereocenters. The van der Waals surface area contributed by atoms with Crippen molar-refractivity contribution in [2.45, 2.75) is 25.9 Å². The molecule has 0 fully saturated rings. The highest BCUT2D eigenvalue weighted by atomic mass is 16.2. The van der Waals surface area contributed by atoms with E-state index in [1.165, 1.54) is 10.5 Å². The Labute approximate surface area is 174 Å². The fraction of sp³-hybridized carbons (Fsp3) is 0.160. The van der Waals surface area contributed by atoms with Gasteiger partial charge in [0.2, 0.25) is 0 Å². The molecule has 2 aliphatic heterocycles. The van der Waals surface area contributed by atoms with Crippen LogP contribution in [0.25, 0.3) is 0 Å². The standard InChI is InChI=1S/C25H20N2O3/c1-16-13-18-8-2-5-12-22(18)27(16)23(28)19-9-6-7-17(14-19)15-26-24(29)20-10-3-4-11-21(20)25(26)30/h2-12,14,16H,13,15H2,1H3. The van der Waals surface area contributed by atoms with Crippen molar-refractivity contribution >= 4 is 23.4 Å². The van der Waals surface area contributed by atoms with Crippen LogP contribution in [0.2, 0.25) is 0 Å². The molecular formula is C25H20N2O3. The summed E-state index contributed by atoms with van der Waals surface area (Å²) in [7, 11) is 0. The molecule has 5 rings (SSSR count). The monoisotopic (exact) mass is 396 g/mol. The molecule has 3 aromatic rings. The predicted octanol–water partition coefficient (Wildman–Crippen LogP) is 4.07. The Morgan fingerprint density at radius 1 is 0.900 bits per heavy atom. The summed E-state index contributed by atoms with van der Waals surface area (Å²) in [6.45, 7) is 2.18. The van der Waals surface area contributed by atoms with E-state index >= 15 is 0 Å². The molecule has 2 aliphatic rings. The molecule has 0 saturated carbocycles. The zero-order valence-electron chi connectivity index (χ0n) is 16.5. The maximum atomic E-state index is 13.3. The summed E-state index contributed by atoms with van der Waals surface area (Å²) in [6, 6.07) is 22.1. The lowest BCUT2D eigenvalue weighted by atomic mass is 10.1. The van der Waals surface area contributed by atoms with Crippen LogP contribution in [-0.2, 0) is 13.0 Å². The summed E-state index contributed by atoms with van der Waals surface area (Å²) < 4.78 is 0. The van der Waals surface area contributed by atoms with Crippen LogP contribution in [0.1, 0.15) is 49.1 Å². The first kappa shape index (κ1) is 18.3. The van der Waals surface area contributed by atoms with Gasteiger partial charge < -0.3 is 4.90 Å². The normalized spacial score (nSPS) is 17.3. The number of fused-ring (bicyclic) bond motifs is 2. The Hall–Kier alpha value is -3.73. The van der Waals surface area contributed by atoms with E-state index in [4.69, 9.17) is 0 Å². The van der Waals surface area contributed by atoms with Gasteiger partial charge in [0.25, 0.3) is 17.7 Å². The second-order valence-corrected chi connectivity index (χ2v) is 7.80. The third-order valence-electron chi connectivity index (χ3n) is 5.82. The molecule has 30 heavy (non-hydrogen) atoms. The van der Waals surface area contributed by atoms with Gasteiger partial charge in [-0.1, -0.05) is 42.5 Å². The second kappa shape index (κ2) is 6.95. The SMILES string of the molecule is CC1Cc2ccccc2N1C(=O)c1cccc(CN2C(=O)c3ccccc3C2=O)c1. The summed E-state index contributed by atoms with van der Waals surface area (Å²) in [5.74, 6) is -0.666. The Morgan fingerprint density at radius 2 is 1.57 bits per heavy atom. The van der Waals surface area contributed by atoms with Gasteiger partial charge in [-0.2, -0.15) is 0 Å². The molecule has 3 aromatic carbocycles. The molecular weight excluding hydrogens is 376 g/mol. The van der Waals surface area contributed by atoms with Crippen LogP contribution in [0.3, 0.4) is 0 Å². The number of anilines is 1. The maximum Gasteiger partial charge on any atom is 0.261 e. The highest BCUT2D eigenvalue weighted by Gasteiger charge is 2.35. The van der Waals surface area contributed by atoms with Gasteiger partial charge in [0.15, 0.2) is 0 Å².